The number of nitrogens with zero attached hydrogens (tertiary/aromatic N) is 2. The summed E-state index contributed by atoms with van der Waals surface area (Å²) in [4.78, 5) is 4.79. The quantitative estimate of drug-likeness (QED) is 0.789. The van der Waals surface area contributed by atoms with E-state index in [0.29, 0.717) is 6.54 Å². The second-order valence-corrected chi connectivity index (χ2v) is 5.05. The predicted octanol–water partition coefficient (Wildman–Crippen LogP) is 3.33. The molecular weight excluding hydrogens is 246 g/mol. The van der Waals surface area contributed by atoms with E-state index in [1.807, 2.05) is 12.3 Å². The molecule has 0 aliphatic carbocycles. The van der Waals surface area contributed by atoms with Gasteiger partial charge in [-0.3, -0.25) is 0 Å². The second kappa shape index (κ2) is 5.10. The van der Waals surface area contributed by atoms with Gasteiger partial charge in [0.1, 0.15) is 5.65 Å². The van der Waals surface area contributed by atoms with Crippen LogP contribution in [-0.2, 0) is 13.0 Å². The average molecular weight is 265 g/mol. The fraction of sp³-hybridized carbons (Fsp3) is 0.235. The number of rotatable bonds is 3. The van der Waals surface area contributed by atoms with E-state index in [4.69, 9.17) is 10.7 Å². The van der Waals surface area contributed by atoms with E-state index in [0.717, 1.165) is 29.0 Å². The van der Waals surface area contributed by atoms with Crippen LogP contribution in [0.1, 0.15) is 23.7 Å². The minimum atomic E-state index is 0.482. The van der Waals surface area contributed by atoms with Crippen LogP contribution in [-0.4, -0.2) is 9.38 Å². The summed E-state index contributed by atoms with van der Waals surface area (Å²) in [5.74, 6) is 0. The van der Waals surface area contributed by atoms with E-state index < -0.39 is 0 Å². The van der Waals surface area contributed by atoms with Gasteiger partial charge in [-0.05, 0) is 30.5 Å². The molecule has 3 rings (SSSR count). The Morgan fingerprint density at radius 1 is 1.15 bits per heavy atom. The number of hydrogen-bond acceptors (Lipinski definition) is 2. The maximum Gasteiger partial charge on any atom is 0.140 e. The van der Waals surface area contributed by atoms with Crippen LogP contribution in [0.3, 0.4) is 0 Å². The molecule has 20 heavy (non-hydrogen) atoms. The molecule has 102 valence electrons. The van der Waals surface area contributed by atoms with Crippen molar-refractivity contribution in [3.8, 4) is 11.3 Å². The van der Waals surface area contributed by atoms with Crippen molar-refractivity contribution in [2.45, 2.75) is 26.8 Å². The van der Waals surface area contributed by atoms with Gasteiger partial charge in [0.15, 0.2) is 0 Å². The Hall–Kier alpha value is -2.13. The van der Waals surface area contributed by atoms with E-state index >= 15 is 0 Å². The third-order valence-corrected chi connectivity index (χ3v) is 3.77. The number of pyridine rings is 1. The topological polar surface area (TPSA) is 43.3 Å². The Bertz CT molecular complexity index is 739. The molecule has 1 aromatic carbocycles. The van der Waals surface area contributed by atoms with E-state index in [9.17, 15) is 0 Å². The average Bonchev–Trinajstić information content (AvgIpc) is 2.87. The molecule has 0 spiro atoms. The summed E-state index contributed by atoms with van der Waals surface area (Å²) >= 11 is 0. The van der Waals surface area contributed by atoms with Crippen molar-refractivity contribution in [1.82, 2.24) is 9.38 Å². The Balaban J connectivity index is 2.21. The van der Waals surface area contributed by atoms with Crippen LogP contribution in [0, 0.1) is 6.92 Å². The molecule has 0 amide bonds. The Morgan fingerprint density at radius 2 is 1.90 bits per heavy atom. The standard InChI is InChI=1S/C17H19N3/c1-3-13-6-8-14(9-7-13)16-15(11-18)20-10-4-5-12(2)17(20)19-16/h4-10H,3,11,18H2,1-2H3. The predicted molar refractivity (Wildman–Crippen MR) is 82.6 cm³/mol. The highest BCUT2D eigenvalue weighted by atomic mass is 15.0. The van der Waals surface area contributed by atoms with Gasteiger partial charge in [0.2, 0.25) is 0 Å². The SMILES string of the molecule is CCc1ccc(-c2nc3c(C)cccn3c2CN)cc1. The molecular formula is C17H19N3. The van der Waals surface area contributed by atoms with Crippen LogP contribution in [0.25, 0.3) is 16.9 Å². The third-order valence-electron chi connectivity index (χ3n) is 3.77. The molecule has 0 fully saturated rings. The minimum Gasteiger partial charge on any atom is -0.325 e. The summed E-state index contributed by atoms with van der Waals surface area (Å²) in [5, 5.41) is 0. The molecule has 0 unspecified atom stereocenters. The molecule has 2 N–H and O–H groups in total. The fourth-order valence-electron chi connectivity index (χ4n) is 2.58. The zero-order chi connectivity index (χ0) is 14.1. The molecule has 0 saturated heterocycles. The van der Waals surface area contributed by atoms with Gasteiger partial charge >= 0.3 is 0 Å². The highest BCUT2D eigenvalue weighted by molar-refractivity contribution is 5.68. The van der Waals surface area contributed by atoms with Crippen LogP contribution in [0.4, 0.5) is 0 Å². The van der Waals surface area contributed by atoms with E-state index in [2.05, 4.69) is 48.6 Å². The normalized spacial score (nSPS) is 11.2. The molecule has 3 aromatic rings. The van der Waals surface area contributed by atoms with Crippen molar-refractivity contribution < 1.29 is 0 Å². The highest BCUT2D eigenvalue weighted by Crippen LogP contribution is 2.25. The monoisotopic (exact) mass is 265 g/mol. The lowest BCUT2D eigenvalue weighted by Gasteiger charge is -2.03. The minimum absolute atomic E-state index is 0.482. The maximum atomic E-state index is 5.94. The number of aryl methyl sites for hydroxylation is 2. The van der Waals surface area contributed by atoms with Crippen molar-refractivity contribution in [2.75, 3.05) is 0 Å². The van der Waals surface area contributed by atoms with Crippen molar-refractivity contribution in [3.63, 3.8) is 0 Å². The lowest BCUT2D eigenvalue weighted by atomic mass is 10.1. The summed E-state index contributed by atoms with van der Waals surface area (Å²) in [7, 11) is 0. The zero-order valence-electron chi connectivity index (χ0n) is 11.9. The molecule has 3 nitrogen and oxygen atoms in total. The van der Waals surface area contributed by atoms with Gasteiger partial charge in [-0.25, -0.2) is 4.98 Å². The van der Waals surface area contributed by atoms with Crippen molar-refractivity contribution in [1.29, 1.82) is 0 Å². The van der Waals surface area contributed by atoms with Crippen molar-refractivity contribution >= 4 is 5.65 Å². The summed E-state index contributed by atoms with van der Waals surface area (Å²) in [6.45, 7) is 4.72. The second-order valence-electron chi connectivity index (χ2n) is 5.05. The van der Waals surface area contributed by atoms with Gasteiger partial charge in [-0.1, -0.05) is 37.3 Å². The number of hydrogen-bond donors (Lipinski definition) is 1. The number of benzene rings is 1. The lowest BCUT2D eigenvalue weighted by Crippen LogP contribution is -2.02. The summed E-state index contributed by atoms with van der Waals surface area (Å²) in [6.07, 6.45) is 3.08. The van der Waals surface area contributed by atoms with Gasteiger partial charge in [0.05, 0.1) is 11.4 Å². The highest BCUT2D eigenvalue weighted by Gasteiger charge is 2.13. The summed E-state index contributed by atoms with van der Waals surface area (Å²) in [6, 6.07) is 12.7. The molecule has 0 atom stereocenters. The van der Waals surface area contributed by atoms with E-state index in [1.165, 1.54) is 11.1 Å². The number of imidazole rings is 1. The molecule has 0 bridgehead atoms. The smallest absolute Gasteiger partial charge is 0.140 e. The fourth-order valence-corrected chi connectivity index (χ4v) is 2.58. The molecule has 2 heterocycles. The molecule has 3 heteroatoms. The van der Waals surface area contributed by atoms with Gasteiger partial charge in [0, 0.05) is 18.3 Å². The first-order chi connectivity index (χ1) is 9.74. The molecule has 0 saturated carbocycles. The van der Waals surface area contributed by atoms with Gasteiger partial charge in [0.25, 0.3) is 0 Å². The Labute approximate surface area is 119 Å². The van der Waals surface area contributed by atoms with E-state index in [1.54, 1.807) is 0 Å². The lowest BCUT2D eigenvalue weighted by molar-refractivity contribution is 0.959. The Morgan fingerprint density at radius 3 is 2.55 bits per heavy atom. The Kier molecular flexibility index (Phi) is 3.28. The van der Waals surface area contributed by atoms with Crippen LogP contribution in [0.5, 0.6) is 0 Å². The zero-order valence-corrected chi connectivity index (χ0v) is 11.9. The first-order valence-electron chi connectivity index (χ1n) is 7.00. The van der Waals surface area contributed by atoms with Crippen LogP contribution in [0.2, 0.25) is 0 Å². The molecule has 0 aliphatic rings. The maximum absolute atomic E-state index is 5.94. The van der Waals surface area contributed by atoms with Gasteiger partial charge in [-0.15, -0.1) is 0 Å². The molecule has 0 radical (unpaired) electrons. The molecule has 0 aliphatic heterocycles. The summed E-state index contributed by atoms with van der Waals surface area (Å²) < 4.78 is 2.10. The number of nitrogens with two attached hydrogens (primary N) is 1. The summed E-state index contributed by atoms with van der Waals surface area (Å²) in [5.41, 5.74) is 12.6. The van der Waals surface area contributed by atoms with Gasteiger partial charge < -0.3 is 10.1 Å². The van der Waals surface area contributed by atoms with Crippen LogP contribution >= 0.6 is 0 Å². The number of aromatic nitrogens is 2. The van der Waals surface area contributed by atoms with Crippen molar-refractivity contribution in [2.24, 2.45) is 5.73 Å². The van der Waals surface area contributed by atoms with Crippen LogP contribution < -0.4 is 5.73 Å². The number of fused-ring (bicyclic) bond motifs is 1. The van der Waals surface area contributed by atoms with E-state index in [-0.39, 0.29) is 0 Å². The molecule has 2 aromatic heterocycles. The largest absolute Gasteiger partial charge is 0.325 e. The van der Waals surface area contributed by atoms with Crippen molar-refractivity contribution in [3.05, 3.63) is 59.4 Å². The van der Waals surface area contributed by atoms with Crippen LogP contribution in [0.15, 0.2) is 42.6 Å². The third kappa shape index (κ3) is 2.00. The van der Waals surface area contributed by atoms with Gasteiger partial charge in [-0.2, -0.15) is 0 Å². The first kappa shape index (κ1) is 12.9. The first-order valence-corrected chi connectivity index (χ1v) is 7.00.